The fourth-order valence-electron chi connectivity index (χ4n) is 4.22. The van der Waals surface area contributed by atoms with Gasteiger partial charge in [-0.1, -0.05) is 26.0 Å². The first-order chi connectivity index (χ1) is 13.5. The lowest BCUT2D eigenvalue weighted by molar-refractivity contribution is -0.142. The summed E-state index contributed by atoms with van der Waals surface area (Å²) in [6.07, 6.45) is 5.01. The van der Waals surface area contributed by atoms with Crippen LogP contribution in [0.1, 0.15) is 63.0 Å². The van der Waals surface area contributed by atoms with Crippen molar-refractivity contribution < 1.29 is 14.3 Å². The van der Waals surface area contributed by atoms with Crippen molar-refractivity contribution in [3.63, 3.8) is 0 Å². The third-order valence-corrected chi connectivity index (χ3v) is 6.01. The zero-order chi connectivity index (χ0) is 20.1. The molecular formula is C23H34N2O3. The summed E-state index contributed by atoms with van der Waals surface area (Å²) in [7, 11) is 0. The monoisotopic (exact) mass is 386 g/mol. The summed E-state index contributed by atoms with van der Waals surface area (Å²) >= 11 is 0. The number of carbonyl (C=O) groups is 2. The minimum absolute atomic E-state index is 0.0140. The van der Waals surface area contributed by atoms with E-state index in [9.17, 15) is 9.59 Å². The number of benzene rings is 1. The molecule has 0 saturated carbocycles. The second-order valence-electron chi connectivity index (χ2n) is 8.53. The van der Waals surface area contributed by atoms with Crippen LogP contribution in [0.25, 0.3) is 0 Å². The van der Waals surface area contributed by atoms with Crippen LogP contribution in [0.2, 0.25) is 0 Å². The molecule has 2 amide bonds. The molecule has 2 saturated heterocycles. The van der Waals surface area contributed by atoms with Gasteiger partial charge in [0.25, 0.3) is 5.91 Å². The molecule has 1 aromatic rings. The summed E-state index contributed by atoms with van der Waals surface area (Å²) in [5, 5.41) is 0. The van der Waals surface area contributed by atoms with E-state index < -0.39 is 0 Å². The molecule has 0 atom stereocenters. The highest BCUT2D eigenvalue weighted by atomic mass is 16.5. The molecule has 1 aromatic carbocycles. The molecule has 0 bridgehead atoms. The minimum Gasteiger partial charge on any atom is -0.483 e. The lowest BCUT2D eigenvalue weighted by Crippen LogP contribution is -2.46. The van der Waals surface area contributed by atoms with E-state index in [1.165, 1.54) is 6.42 Å². The van der Waals surface area contributed by atoms with Gasteiger partial charge in [0.15, 0.2) is 6.61 Å². The Bertz CT molecular complexity index is 687. The van der Waals surface area contributed by atoms with E-state index in [0.717, 1.165) is 55.6 Å². The van der Waals surface area contributed by atoms with Gasteiger partial charge >= 0.3 is 0 Å². The summed E-state index contributed by atoms with van der Waals surface area (Å²) in [5.74, 6) is 1.54. The number of nitrogens with zero attached hydrogens (tertiary/aromatic N) is 2. The van der Waals surface area contributed by atoms with E-state index in [4.69, 9.17) is 4.74 Å². The molecule has 2 heterocycles. The van der Waals surface area contributed by atoms with Gasteiger partial charge in [-0.05, 0) is 62.1 Å². The molecule has 2 aliphatic heterocycles. The van der Waals surface area contributed by atoms with Crippen molar-refractivity contribution in [3.8, 4) is 5.75 Å². The van der Waals surface area contributed by atoms with Crippen LogP contribution in [0.5, 0.6) is 5.75 Å². The summed E-state index contributed by atoms with van der Waals surface area (Å²) in [6, 6.07) is 6.16. The van der Waals surface area contributed by atoms with Gasteiger partial charge in [-0.15, -0.1) is 0 Å². The van der Waals surface area contributed by atoms with Crippen LogP contribution in [0.15, 0.2) is 18.2 Å². The van der Waals surface area contributed by atoms with Gasteiger partial charge in [0.05, 0.1) is 0 Å². The number of ether oxygens (including phenoxy) is 1. The largest absolute Gasteiger partial charge is 0.483 e. The van der Waals surface area contributed by atoms with Crippen molar-refractivity contribution in [3.05, 3.63) is 29.3 Å². The number of piperidine rings is 2. The van der Waals surface area contributed by atoms with Crippen molar-refractivity contribution in [1.29, 1.82) is 0 Å². The highest BCUT2D eigenvalue weighted by molar-refractivity contribution is 5.80. The van der Waals surface area contributed by atoms with Crippen LogP contribution < -0.4 is 4.74 Å². The standard InChI is InChI=1S/C23H34N2O3/c1-17(2)20-8-7-18(3)15-21(20)28-16-22(26)24-13-9-19(10-14-24)23(27)25-11-5-4-6-12-25/h7-8,15,17,19H,4-6,9-14,16H2,1-3H3. The van der Waals surface area contributed by atoms with Gasteiger partial charge in [0.1, 0.15) is 5.75 Å². The van der Waals surface area contributed by atoms with Crippen molar-refractivity contribution >= 4 is 11.8 Å². The fraction of sp³-hybridized carbons (Fsp3) is 0.652. The molecule has 5 nitrogen and oxygen atoms in total. The number of aryl methyl sites for hydroxylation is 1. The van der Waals surface area contributed by atoms with Gasteiger partial charge in [0.2, 0.25) is 5.91 Å². The van der Waals surface area contributed by atoms with Crippen LogP contribution in [0.3, 0.4) is 0 Å². The second kappa shape index (κ2) is 9.44. The van der Waals surface area contributed by atoms with Crippen LogP contribution in [-0.2, 0) is 9.59 Å². The lowest BCUT2D eigenvalue weighted by atomic mass is 9.94. The van der Waals surface area contributed by atoms with Crippen molar-refractivity contribution in [2.24, 2.45) is 5.92 Å². The average molecular weight is 387 g/mol. The Kier molecular flexibility index (Phi) is 6.97. The molecule has 2 aliphatic rings. The van der Waals surface area contributed by atoms with Gasteiger partial charge in [0, 0.05) is 32.1 Å². The SMILES string of the molecule is Cc1ccc(C(C)C)c(OCC(=O)N2CCC(C(=O)N3CCCCC3)CC2)c1. The van der Waals surface area contributed by atoms with E-state index in [-0.39, 0.29) is 18.4 Å². The van der Waals surface area contributed by atoms with E-state index >= 15 is 0 Å². The Hall–Kier alpha value is -2.04. The van der Waals surface area contributed by atoms with E-state index in [2.05, 4.69) is 26.0 Å². The number of hydrogen-bond donors (Lipinski definition) is 0. The summed E-state index contributed by atoms with van der Waals surface area (Å²) < 4.78 is 5.90. The van der Waals surface area contributed by atoms with Crippen molar-refractivity contribution in [2.75, 3.05) is 32.8 Å². The topological polar surface area (TPSA) is 49.9 Å². The van der Waals surface area contributed by atoms with Crippen LogP contribution >= 0.6 is 0 Å². The predicted molar refractivity (Wildman–Crippen MR) is 110 cm³/mol. The molecule has 0 aromatic heterocycles. The van der Waals surface area contributed by atoms with E-state index in [1.807, 2.05) is 22.8 Å². The fourth-order valence-corrected chi connectivity index (χ4v) is 4.22. The quantitative estimate of drug-likeness (QED) is 0.774. The molecule has 0 N–H and O–H groups in total. The highest BCUT2D eigenvalue weighted by Gasteiger charge is 2.30. The van der Waals surface area contributed by atoms with Crippen LogP contribution in [0.4, 0.5) is 0 Å². The molecule has 3 rings (SSSR count). The molecule has 0 aliphatic carbocycles. The Balaban J connectivity index is 1.49. The Morgan fingerprint density at radius 1 is 1.04 bits per heavy atom. The smallest absolute Gasteiger partial charge is 0.260 e. The predicted octanol–water partition coefficient (Wildman–Crippen LogP) is 3.75. The molecule has 5 heteroatoms. The third kappa shape index (κ3) is 5.06. The molecule has 28 heavy (non-hydrogen) atoms. The zero-order valence-electron chi connectivity index (χ0n) is 17.6. The van der Waals surface area contributed by atoms with Gasteiger partial charge in [-0.2, -0.15) is 0 Å². The minimum atomic E-state index is 0.0140. The maximum Gasteiger partial charge on any atom is 0.260 e. The summed E-state index contributed by atoms with van der Waals surface area (Å²) in [4.78, 5) is 29.2. The van der Waals surface area contributed by atoms with Crippen LogP contribution in [-0.4, -0.2) is 54.4 Å². The van der Waals surface area contributed by atoms with Gasteiger partial charge in [-0.25, -0.2) is 0 Å². The molecular weight excluding hydrogens is 352 g/mol. The third-order valence-electron chi connectivity index (χ3n) is 6.01. The molecule has 0 spiro atoms. The van der Waals surface area contributed by atoms with Gasteiger partial charge in [-0.3, -0.25) is 9.59 Å². The van der Waals surface area contributed by atoms with E-state index in [1.54, 1.807) is 0 Å². The molecule has 0 unspecified atom stereocenters. The van der Waals surface area contributed by atoms with Crippen molar-refractivity contribution in [1.82, 2.24) is 9.80 Å². The highest BCUT2D eigenvalue weighted by Crippen LogP contribution is 2.28. The Labute approximate surface area is 169 Å². The number of carbonyl (C=O) groups excluding carboxylic acids is 2. The zero-order valence-corrected chi connectivity index (χ0v) is 17.6. The molecule has 154 valence electrons. The number of hydrogen-bond acceptors (Lipinski definition) is 3. The van der Waals surface area contributed by atoms with Gasteiger partial charge < -0.3 is 14.5 Å². The number of rotatable bonds is 5. The van der Waals surface area contributed by atoms with E-state index in [0.29, 0.717) is 24.9 Å². The first kappa shape index (κ1) is 20.7. The Morgan fingerprint density at radius 2 is 1.71 bits per heavy atom. The summed E-state index contributed by atoms with van der Waals surface area (Å²) in [5.41, 5.74) is 2.26. The Morgan fingerprint density at radius 3 is 2.36 bits per heavy atom. The second-order valence-corrected chi connectivity index (χ2v) is 8.53. The summed E-state index contributed by atoms with van der Waals surface area (Å²) in [6.45, 7) is 9.46. The van der Waals surface area contributed by atoms with Crippen molar-refractivity contribution in [2.45, 2.75) is 58.8 Å². The maximum absolute atomic E-state index is 12.7. The number of amides is 2. The molecule has 2 fully saturated rings. The molecule has 0 radical (unpaired) electrons. The maximum atomic E-state index is 12.7. The van der Waals surface area contributed by atoms with Crippen LogP contribution in [0, 0.1) is 12.8 Å². The number of likely N-dealkylation sites (tertiary alicyclic amines) is 2. The average Bonchev–Trinajstić information content (AvgIpc) is 2.72. The normalized spacial score (nSPS) is 18.4. The first-order valence-corrected chi connectivity index (χ1v) is 10.8. The first-order valence-electron chi connectivity index (χ1n) is 10.8. The lowest BCUT2D eigenvalue weighted by Gasteiger charge is -2.35.